The minimum Gasteiger partial charge on any atom is -0.375 e. The maximum atomic E-state index is 13.8. The first-order valence-electron chi connectivity index (χ1n) is 6.17. The topological polar surface area (TPSA) is 22.1 Å². The molecule has 0 heterocycles. The van der Waals surface area contributed by atoms with Crippen molar-refractivity contribution in [1.82, 2.24) is 9.80 Å². The minimum absolute atomic E-state index is 0.214. The first-order chi connectivity index (χ1) is 8.82. The number of anilines is 1. The Morgan fingerprint density at radius 3 is 2.05 bits per heavy atom. The molecule has 0 amide bonds. The van der Waals surface area contributed by atoms with Gasteiger partial charge in [-0.25, -0.2) is 9.38 Å². The molecule has 0 N–H and O–H groups in total. The van der Waals surface area contributed by atoms with Crippen molar-refractivity contribution in [2.24, 2.45) is 4.99 Å². The van der Waals surface area contributed by atoms with Crippen LogP contribution in [0, 0.1) is 5.82 Å². The molecule has 5 heteroatoms. The van der Waals surface area contributed by atoms with Crippen molar-refractivity contribution in [2.75, 3.05) is 47.2 Å². The van der Waals surface area contributed by atoms with Gasteiger partial charge in [0.15, 0.2) is 5.96 Å². The second-order valence-corrected chi connectivity index (χ2v) is 5.09. The molecule has 0 spiro atoms. The summed E-state index contributed by atoms with van der Waals surface area (Å²) in [5.41, 5.74) is 1.46. The first kappa shape index (κ1) is 15.3. The fourth-order valence-electron chi connectivity index (χ4n) is 1.86. The molecule has 0 aliphatic heterocycles. The quantitative estimate of drug-likeness (QED) is 0.616. The summed E-state index contributed by atoms with van der Waals surface area (Å²) >= 11 is 0. The van der Waals surface area contributed by atoms with Gasteiger partial charge in [-0.15, -0.1) is 0 Å². The van der Waals surface area contributed by atoms with Gasteiger partial charge >= 0.3 is 0 Å². The number of guanidine groups is 1. The molecule has 1 aromatic rings. The van der Waals surface area contributed by atoms with Gasteiger partial charge in [0.25, 0.3) is 0 Å². The largest absolute Gasteiger partial charge is 0.375 e. The lowest BCUT2D eigenvalue weighted by Crippen LogP contribution is -2.35. The third kappa shape index (κ3) is 4.12. The molecule has 0 fully saturated rings. The van der Waals surface area contributed by atoms with E-state index < -0.39 is 0 Å². The van der Waals surface area contributed by atoms with Crippen molar-refractivity contribution in [3.8, 4) is 0 Å². The number of nitrogens with zero attached hydrogens (tertiary/aromatic N) is 4. The average Bonchev–Trinajstić information content (AvgIpc) is 2.27. The Morgan fingerprint density at radius 2 is 1.63 bits per heavy atom. The number of aliphatic imine (C=N–C) groups is 1. The molecule has 0 unspecified atom stereocenters. The minimum atomic E-state index is -0.214. The zero-order valence-electron chi connectivity index (χ0n) is 12.6. The highest BCUT2D eigenvalue weighted by Gasteiger charge is 2.07. The Bertz CT molecular complexity index is 443. The summed E-state index contributed by atoms with van der Waals surface area (Å²) in [6.07, 6.45) is 0. The summed E-state index contributed by atoms with van der Waals surface area (Å²) < 4.78 is 13.8. The zero-order chi connectivity index (χ0) is 14.6. The van der Waals surface area contributed by atoms with Crippen LogP contribution < -0.4 is 4.90 Å². The van der Waals surface area contributed by atoms with Gasteiger partial charge in [-0.05, 0) is 17.7 Å². The van der Waals surface area contributed by atoms with Crippen LogP contribution in [0.3, 0.4) is 0 Å². The number of hydrogen-bond donors (Lipinski definition) is 0. The van der Waals surface area contributed by atoms with Crippen LogP contribution in [0.2, 0.25) is 0 Å². The fourth-order valence-corrected chi connectivity index (χ4v) is 1.86. The molecule has 0 aliphatic rings. The molecule has 0 aliphatic carbocycles. The van der Waals surface area contributed by atoms with Crippen LogP contribution in [0.1, 0.15) is 5.56 Å². The van der Waals surface area contributed by atoms with Gasteiger partial charge in [0.1, 0.15) is 5.82 Å². The van der Waals surface area contributed by atoms with E-state index in [0.717, 1.165) is 11.5 Å². The molecule has 0 aromatic heterocycles. The highest BCUT2D eigenvalue weighted by molar-refractivity contribution is 5.79. The molecular formula is C14H23FN4. The molecule has 4 nitrogen and oxygen atoms in total. The van der Waals surface area contributed by atoms with Gasteiger partial charge in [-0.3, -0.25) is 0 Å². The van der Waals surface area contributed by atoms with E-state index >= 15 is 0 Å². The standard InChI is InChI=1S/C14H23FN4/c1-17(2)13-8-7-11(9-12(13)15)10-16-14(18(3)4)19(5)6/h7-9H,10H2,1-6H3. The van der Waals surface area contributed by atoms with Crippen molar-refractivity contribution in [3.63, 3.8) is 0 Å². The second kappa shape index (κ2) is 6.41. The van der Waals surface area contributed by atoms with Crippen LogP contribution in [-0.2, 0) is 6.54 Å². The van der Waals surface area contributed by atoms with E-state index in [9.17, 15) is 4.39 Å². The van der Waals surface area contributed by atoms with Gasteiger partial charge in [-0.1, -0.05) is 6.07 Å². The number of halogens is 1. The van der Waals surface area contributed by atoms with E-state index in [4.69, 9.17) is 0 Å². The number of rotatable bonds is 3. The van der Waals surface area contributed by atoms with Crippen LogP contribution in [0.4, 0.5) is 10.1 Å². The third-order valence-electron chi connectivity index (χ3n) is 2.70. The van der Waals surface area contributed by atoms with Crippen LogP contribution in [0.25, 0.3) is 0 Å². The lowest BCUT2D eigenvalue weighted by atomic mass is 10.2. The van der Waals surface area contributed by atoms with Crippen molar-refractivity contribution in [1.29, 1.82) is 0 Å². The molecule has 1 aromatic carbocycles. The van der Waals surface area contributed by atoms with Gasteiger partial charge in [0, 0.05) is 42.3 Å². The Labute approximate surface area is 115 Å². The van der Waals surface area contributed by atoms with E-state index in [0.29, 0.717) is 12.2 Å². The third-order valence-corrected chi connectivity index (χ3v) is 2.70. The van der Waals surface area contributed by atoms with Crippen molar-refractivity contribution >= 4 is 11.6 Å². The van der Waals surface area contributed by atoms with Crippen LogP contribution in [0.5, 0.6) is 0 Å². The molecule has 106 valence electrons. The Hall–Kier alpha value is -1.78. The summed E-state index contributed by atoms with van der Waals surface area (Å²) in [6.45, 7) is 0.469. The molecule has 19 heavy (non-hydrogen) atoms. The summed E-state index contributed by atoms with van der Waals surface area (Å²) in [5, 5.41) is 0. The van der Waals surface area contributed by atoms with Crippen LogP contribution in [0.15, 0.2) is 23.2 Å². The summed E-state index contributed by atoms with van der Waals surface area (Å²) in [7, 11) is 11.4. The molecule has 0 saturated carbocycles. The number of benzene rings is 1. The second-order valence-electron chi connectivity index (χ2n) is 5.09. The molecule has 0 atom stereocenters. The highest BCUT2D eigenvalue weighted by Crippen LogP contribution is 2.18. The monoisotopic (exact) mass is 266 g/mol. The van der Waals surface area contributed by atoms with Gasteiger partial charge < -0.3 is 14.7 Å². The normalized spacial score (nSPS) is 10.1. The van der Waals surface area contributed by atoms with E-state index in [1.807, 2.05) is 58.2 Å². The lowest BCUT2D eigenvalue weighted by Gasteiger charge is -2.22. The highest BCUT2D eigenvalue weighted by atomic mass is 19.1. The summed E-state index contributed by atoms with van der Waals surface area (Å²) in [4.78, 5) is 10.1. The van der Waals surface area contributed by atoms with E-state index in [1.54, 1.807) is 17.0 Å². The smallest absolute Gasteiger partial charge is 0.195 e. The van der Waals surface area contributed by atoms with Crippen molar-refractivity contribution in [2.45, 2.75) is 6.54 Å². The van der Waals surface area contributed by atoms with Crippen molar-refractivity contribution in [3.05, 3.63) is 29.6 Å². The first-order valence-corrected chi connectivity index (χ1v) is 6.17. The maximum Gasteiger partial charge on any atom is 0.195 e. The fraction of sp³-hybridized carbons (Fsp3) is 0.500. The zero-order valence-corrected chi connectivity index (χ0v) is 12.6. The Morgan fingerprint density at radius 1 is 1.05 bits per heavy atom. The predicted octanol–water partition coefficient (Wildman–Crippen LogP) is 1.87. The van der Waals surface area contributed by atoms with E-state index in [1.165, 1.54) is 0 Å². The Kier molecular flexibility index (Phi) is 5.15. The molecule has 1 rings (SSSR count). The van der Waals surface area contributed by atoms with Crippen LogP contribution >= 0.6 is 0 Å². The average molecular weight is 266 g/mol. The van der Waals surface area contributed by atoms with Crippen molar-refractivity contribution < 1.29 is 4.39 Å². The van der Waals surface area contributed by atoms with Crippen LogP contribution in [-0.4, -0.2) is 58.0 Å². The predicted molar refractivity (Wildman–Crippen MR) is 79.2 cm³/mol. The SMILES string of the molecule is CN(C)C(=NCc1ccc(N(C)C)c(F)c1)N(C)C. The molecule has 0 radical (unpaired) electrons. The summed E-state index contributed by atoms with van der Waals surface area (Å²) in [5.74, 6) is 0.644. The maximum absolute atomic E-state index is 13.8. The lowest BCUT2D eigenvalue weighted by molar-refractivity contribution is 0.479. The van der Waals surface area contributed by atoms with Gasteiger partial charge in [0.2, 0.25) is 0 Å². The molecule has 0 saturated heterocycles. The van der Waals surface area contributed by atoms with Gasteiger partial charge in [-0.2, -0.15) is 0 Å². The molecular weight excluding hydrogens is 243 g/mol. The Balaban J connectivity index is 2.89. The van der Waals surface area contributed by atoms with E-state index in [-0.39, 0.29) is 5.82 Å². The van der Waals surface area contributed by atoms with E-state index in [2.05, 4.69) is 4.99 Å². The number of hydrogen-bond acceptors (Lipinski definition) is 2. The molecule has 0 bridgehead atoms. The van der Waals surface area contributed by atoms with Gasteiger partial charge in [0.05, 0.1) is 12.2 Å². The summed E-state index contributed by atoms with van der Waals surface area (Å²) in [6, 6.07) is 5.23.